The Morgan fingerprint density at radius 3 is 2.40 bits per heavy atom. The van der Waals surface area contributed by atoms with Crippen molar-refractivity contribution in [3.63, 3.8) is 0 Å². The van der Waals surface area contributed by atoms with E-state index < -0.39 is 33.1 Å². The Labute approximate surface area is 179 Å². The topological polar surface area (TPSA) is 113 Å². The highest BCUT2D eigenvalue weighted by atomic mass is 35.5. The normalized spacial score (nSPS) is 15.2. The summed E-state index contributed by atoms with van der Waals surface area (Å²) in [5.41, 5.74) is 0.586. The summed E-state index contributed by atoms with van der Waals surface area (Å²) in [6.45, 7) is -0.636. The number of anilines is 1. The summed E-state index contributed by atoms with van der Waals surface area (Å²) in [7, 11) is -3.97. The quantitative estimate of drug-likeness (QED) is 0.679. The maximum absolute atomic E-state index is 13.2. The molecule has 0 aliphatic heterocycles. The highest BCUT2D eigenvalue weighted by molar-refractivity contribution is 7.93. The summed E-state index contributed by atoms with van der Waals surface area (Å²) < 4.78 is 29.8. The molecule has 0 heterocycles. The molecular weight excluding hydrogens is 428 g/mol. The highest BCUT2D eigenvalue weighted by Gasteiger charge is 2.54. The molecule has 0 saturated heterocycles. The predicted molar refractivity (Wildman–Crippen MR) is 111 cm³/mol. The molecule has 0 atom stereocenters. The molecule has 7 nitrogen and oxygen atoms in total. The van der Waals surface area contributed by atoms with Gasteiger partial charge in [0.25, 0.3) is 5.91 Å². The van der Waals surface area contributed by atoms with Crippen LogP contribution >= 0.6 is 11.6 Å². The molecule has 1 amide bonds. The van der Waals surface area contributed by atoms with Crippen LogP contribution in [0.2, 0.25) is 5.02 Å². The number of nitrogens with zero attached hydrogens (tertiary/aromatic N) is 1. The molecule has 3 rings (SSSR count). The standard InChI is InChI=1S/C21H19ClN2O5S/c22-18-12-16(9-8-15(18)13-23)24-19(25)14-29-20(26)21(10-4-5-11-21)30(27,28)17-6-2-1-3-7-17/h1-3,6-9,12H,4-5,10-11,14H2,(H,24,25). The third-order valence-electron chi connectivity index (χ3n) is 5.06. The zero-order chi connectivity index (χ0) is 21.8. The molecule has 0 bridgehead atoms. The first kappa shape index (κ1) is 21.8. The van der Waals surface area contributed by atoms with Crippen LogP contribution in [0.25, 0.3) is 0 Å². The second kappa shape index (κ2) is 8.86. The second-order valence-corrected chi connectivity index (χ2v) is 9.62. The minimum absolute atomic E-state index is 0.0560. The monoisotopic (exact) mass is 446 g/mol. The SMILES string of the molecule is N#Cc1ccc(NC(=O)COC(=O)C2(S(=O)(=O)c3ccccc3)CCCC2)cc1Cl. The van der Waals surface area contributed by atoms with Crippen molar-refractivity contribution in [2.75, 3.05) is 11.9 Å². The Hall–Kier alpha value is -2.89. The van der Waals surface area contributed by atoms with E-state index in [0.717, 1.165) is 0 Å². The highest BCUT2D eigenvalue weighted by Crippen LogP contribution is 2.41. The number of hydrogen-bond acceptors (Lipinski definition) is 6. The summed E-state index contributed by atoms with van der Waals surface area (Å²) >= 11 is 5.93. The van der Waals surface area contributed by atoms with Crippen LogP contribution in [-0.2, 0) is 24.2 Å². The van der Waals surface area contributed by atoms with Crippen LogP contribution < -0.4 is 5.32 Å². The Morgan fingerprint density at radius 2 is 1.80 bits per heavy atom. The molecule has 1 aliphatic rings. The number of rotatable bonds is 6. The smallest absolute Gasteiger partial charge is 0.328 e. The van der Waals surface area contributed by atoms with Crippen molar-refractivity contribution >= 4 is 39.0 Å². The molecule has 1 N–H and O–H groups in total. The van der Waals surface area contributed by atoms with E-state index in [9.17, 15) is 18.0 Å². The van der Waals surface area contributed by atoms with E-state index in [4.69, 9.17) is 21.6 Å². The molecule has 1 aliphatic carbocycles. The number of hydrogen-bond donors (Lipinski definition) is 1. The van der Waals surface area contributed by atoms with E-state index in [1.807, 2.05) is 6.07 Å². The van der Waals surface area contributed by atoms with Crippen LogP contribution in [-0.4, -0.2) is 31.6 Å². The molecule has 0 unspecified atom stereocenters. The fraction of sp³-hybridized carbons (Fsp3) is 0.286. The predicted octanol–water partition coefficient (Wildman–Crippen LogP) is 3.48. The molecule has 9 heteroatoms. The van der Waals surface area contributed by atoms with Gasteiger partial charge in [-0.25, -0.2) is 8.42 Å². The molecule has 1 fully saturated rings. The second-order valence-electron chi connectivity index (χ2n) is 6.95. The average Bonchev–Trinajstić information content (AvgIpc) is 3.25. The zero-order valence-corrected chi connectivity index (χ0v) is 17.5. The number of benzene rings is 2. The number of ether oxygens (including phenoxy) is 1. The molecule has 0 aromatic heterocycles. The Bertz CT molecular complexity index is 1100. The lowest BCUT2D eigenvalue weighted by Crippen LogP contribution is -2.46. The van der Waals surface area contributed by atoms with Crippen molar-refractivity contribution in [3.8, 4) is 6.07 Å². The number of carbonyl (C=O) groups excluding carboxylic acids is 2. The molecule has 0 radical (unpaired) electrons. The lowest BCUT2D eigenvalue weighted by atomic mass is 10.1. The van der Waals surface area contributed by atoms with E-state index in [0.29, 0.717) is 18.5 Å². The van der Waals surface area contributed by atoms with E-state index in [1.54, 1.807) is 18.2 Å². The number of carbonyl (C=O) groups is 2. The van der Waals surface area contributed by atoms with Crippen LogP contribution in [0.5, 0.6) is 0 Å². The van der Waals surface area contributed by atoms with Gasteiger partial charge < -0.3 is 10.1 Å². The first-order valence-electron chi connectivity index (χ1n) is 9.26. The number of esters is 1. The summed E-state index contributed by atoms with van der Waals surface area (Å²) in [6, 6.07) is 14.0. The average molecular weight is 447 g/mol. The van der Waals surface area contributed by atoms with E-state index in [2.05, 4.69) is 5.32 Å². The van der Waals surface area contributed by atoms with Gasteiger partial charge in [0.1, 0.15) is 6.07 Å². The zero-order valence-electron chi connectivity index (χ0n) is 15.9. The van der Waals surface area contributed by atoms with Crippen LogP contribution in [0.3, 0.4) is 0 Å². The first-order valence-corrected chi connectivity index (χ1v) is 11.1. The number of amides is 1. The van der Waals surface area contributed by atoms with E-state index in [-0.39, 0.29) is 28.3 Å². The van der Waals surface area contributed by atoms with Gasteiger partial charge >= 0.3 is 5.97 Å². The molecule has 1 saturated carbocycles. The lowest BCUT2D eigenvalue weighted by Gasteiger charge is -2.26. The van der Waals surface area contributed by atoms with Crippen LogP contribution in [0.15, 0.2) is 53.4 Å². The van der Waals surface area contributed by atoms with Gasteiger partial charge in [-0.2, -0.15) is 5.26 Å². The molecule has 0 spiro atoms. The molecule has 30 heavy (non-hydrogen) atoms. The summed E-state index contributed by atoms with van der Waals surface area (Å²) in [4.78, 5) is 25.1. The van der Waals surface area contributed by atoms with Gasteiger partial charge in [-0.3, -0.25) is 9.59 Å². The Morgan fingerprint density at radius 1 is 1.13 bits per heavy atom. The van der Waals surface area contributed by atoms with Crippen molar-refractivity contribution in [1.29, 1.82) is 5.26 Å². The summed E-state index contributed by atoms with van der Waals surface area (Å²) in [5.74, 6) is -1.56. The van der Waals surface area contributed by atoms with Crippen molar-refractivity contribution in [3.05, 3.63) is 59.1 Å². The maximum Gasteiger partial charge on any atom is 0.328 e. The Balaban J connectivity index is 1.71. The Kier molecular flexibility index (Phi) is 6.44. The number of nitriles is 1. The number of halogens is 1. The fourth-order valence-corrected chi connectivity index (χ4v) is 5.79. The minimum Gasteiger partial charge on any atom is -0.454 e. The van der Waals surface area contributed by atoms with Gasteiger partial charge in [0.2, 0.25) is 0 Å². The molecular formula is C21H19ClN2O5S. The van der Waals surface area contributed by atoms with Gasteiger partial charge in [0, 0.05) is 5.69 Å². The maximum atomic E-state index is 13.2. The molecule has 156 valence electrons. The molecule has 2 aromatic rings. The summed E-state index contributed by atoms with van der Waals surface area (Å²) in [5, 5.41) is 11.6. The first-order chi connectivity index (χ1) is 14.3. The summed E-state index contributed by atoms with van der Waals surface area (Å²) in [6.07, 6.45) is 1.46. The van der Waals surface area contributed by atoms with Crippen LogP contribution in [0.4, 0.5) is 5.69 Å². The number of sulfone groups is 1. The van der Waals surface area contributed by atoms with Crippen molar-refractivity contribution < 1.29 is 22.7 Å². The fourth-order valence-electron chi connectivity index (χ4n) is 3.50. The van der Waals surface area contributed by atoms with Gasteiger partial charge in [0.15, 0.2) is 21.2 Å². The van der Waals surface area contributed by atoms with Gasteiger partial charge in [0.05, 0.1) is 15.5 Å². The third-order valence-corrected chi connectivity index (χ3v) is 7.87. The van der Waals surface area contributed by atoms with Crippen molar-refractivity contribution in [1.82, 2.24) is 0 Å². The van der Waals surface area contributed by atoms with E-state index in [1.165, 1.54) is 30.3 Å². The van der Waals surface area contributed by atoms with Crippen molar-refractivity contribution in [2.24, 2.45) is 0 Å². The van der Waals surface area contributed by atoms with Gasteiger partial charge in [-0.15, -0.1) is 0 Å². The van der Waals surface area contributed by atoms with Gasteiger partial charge in [-0.1, -0.05) is 42.6 Å². The molecule has 2 aromatic carbocycles. The third kappa shape index (κ3) is 4.18. The minimum atomic E-state index is -3.97. The van der Waals surface area contributed by atoms with Crippen molar-refractivity contribution in [2.45, 2.75) is 35.3 Å². The van der Waals surface area contributed by atoms with Gasteiger partial charge in [-0.05, 0) is 43.2 Å². The van der Waals surface area contributed by atoms with E-state index >= 15 is 0 Å². The van der Waals surface area contributed by atoms with Crippen LogP contribution in [0, 0.1) is 11.3 Å². The van der Waals surface area contributed by atoms with Crippen LogP contribution in [0.1, 0.15) is 31.2 Å². The lowest BCUT2D eigenvalue weighted by molar-refractivity contribution is -0.149. The largest absolute Gasteiger partial charge is 0.454 e. The number of nitrogens with one attached hydrogen (secondary N) is 1.